The van der Waals surface area contributed by atoms with E-state index < -0.39 is 31.6 Å². The number of aliphatic hydroxyl groups excluding tert-OH is 1. The van der Waals surface area contributed by atoms with E-state index in [1.165, 1.54) is 12.1 Å². The highest BCUT2D eigenvalue weighted by molar-refractivity contribution is 7.89. The molecule has 0 bridgehead atoms. The second-order valence-electron chi connectivity index (χ2n) is 9.44. The maximum atomic E-state index is 12.7. The average Bonchev–Trinajstić information content (AvgIpc) is 2.95. The molecule has 0 fully saturated rings. The lowest BCUT2D eigenvalue weighted by Gasteiger charge is -2.21. The molecule has 0 aliphatic rings. The van der Waals surface area contributed by atoms with Crippen LogP contribution >= 0.6 is 0 Å². The molecular formula is C29H36N3O7S2+. The van der Waals surface area contributed by atoms with Crippen LogP contribution < -0.4 is 14.5 Å². The largest absolute Gasteiger partial charge is 0.395 e. The van der Waals surface area contributed by atoms with Crippen molar-refractivity contribution in [1.29, 1.82) is 0 Å². The smallest absolute Gasteiger partial charge is 0.363 e. The third kappa shape index (κ3) is 6.16. The Labute approximate surface area is 241 Å². The number of benzene rings is 3. The first-order valence-corrected chi connectivity index (χ1v) is 16.5. The summed E-state index contributed by atoms with van der Waals surface area (Å²) in [7, 11) is -9.02. The Morgan fingerprint density at radius 2 is 1.27 bits per heavy atom. The zero-order valence-electron chi connectivity index (χ0n) is 23.6. The Morgan fingerprint density at radius 1 is 0.756 bits per heavy atom. The maximum Gasteiger partial charge on any atom is 0.363 e. The molecule has 3 N–H and O–H groups in total. The topological polar surface area (TPSA) is 139 Å². The number of hydrogen-bond acceptors (Lipinski definition) is 7. The van der Waals surface area contributed by atoms with Crippen LogP contribution in [-0.2, 0) is 20.1 Å². The Hall–Kier alpha value is -3.29. The van der Waals surface area contributed by atoms with E-state index in [2.05, 4.69) is 42.2 Å². The molecule has 0 saturated carbocycles. The minimum atomic E-state index is -4.87. The van der Waals surface area contributed by atoms with Gasteiger partial charge in [0.05, 0.1) is 34.4 Å². The third-order valence-corrected chi connectivity index (χ3v) is 9.51. The summed E-state index contributed by atoms with van der Waals surface area (Å²) < 4.78 is 69.8. The fraction of sp³-hybridized carbons (Fsp3) is 0.345. The van der Waals surface area contributed by atoms with Crippen LogP contribution in [0.3, 0.4) is 0 Å². The number of nitrogens with one attached hydrogen (secondary N) is 1. The zero-order chi connectivity index (χ0) is 29.9. The molecule has 41 heavy (non-hydrogen) atoms. The van der Waals surface area contributed by atoms with Gasteiger partial charge in [-0.3, -0.25) is 4.55 Å². The second kappa shape index (κ2) is 12.3. The summed E-state index contributed by atoms with van der Waals surface area (Å²) in [6.45, 7) is 10.6. The molecule has 220 valence electrons. The van der Waals surface area contributed by atoms with E-state index in [1.807, 2.05) is 36.4 Å². The summed E-state index contributed by atoms with van der Waals surface area (Å²) >= 11 is 0. The highest BCUT2D eigenvalue weighted by Gasteiger charge is 2.28. The average molecular weight is 603 g/mol. The van der Waals surface area contributed by atoms with Crippen LogP contribution in [0.5, 0.6) is 0 Å². The molecule has 12 heteroatoms. The monoisotopic (exact) mass is 602 g/mol. The first kappa shape index (κ1) is 30.7. The molecule has 0 aliphatic heterocycles. The molecule has 0 radical (unpaired) electrons. The van der Waals surface area contributed by atoms with Crippen LogP contribution in [0.15, 0.2) is 68.8 Å². The molecular weight excluding hydrogens is 566 g/mol. The van der Waals surface area contributed by atoms with E-state index in [-0.39, 0.29) is 17.0 Å². The van der Waals surface area contributed by atoms with Gasteiger partial charge >= 0.3 is 11.2 Å². The van der Waals surface area contributed by atoms with Crippen LogP contribution in [0, 0.1) is 0 Å². The van der Waals surface area contributed by atoms with Crippen LogP contribution in [0.2, 0.25) is 0 Å². The standard InChI is InChI=1S/C29H35N3O7S2/c1-5-31(6-2)20-9-12-23-26(17-20)39-27-18-21(32(7-3)8-4)10-13-24(27)29(23)25-14-11-22(19-28(25)41(36,37)38)40(34,35)30-15-16-33/h9-14,17-19,30,33H,5-8,15-16H2,1-4H3/p+1. The van der Waals surface area contributed by atoms with Crippen molar-refractivity contribution in [2.75, 3.05) is 49.1 Å². The quantitative estimate of drug-likeness (QED) is 0.119. The number of rotatable bonds is 12. The van der Waals surface area contributed by atoms with Crippen molar-refractivity contribution < 1.29 is 30.9 Å². The number of aliphatic hydroxyl groups is 1. The van der Waals surface area contributed by atoms with E-state index in [9.17, 15) is 21.4 Å². The number of nitrogens with zero attached hydrogens (tertiary/aromatic N) is 2. The molecule has 0 atom stereocenters. The van der Waals surface area contributed by atoms with Gasteiger partial charge in [-0.2, -0.15) is 8.42 Å². The third-order valence-electron chi connectivity index (χ3n) is 7.16. The van der Waals surface area contributed by atoms with Gasteiger partial charge in [0.15, 0.2) is 0 Å². The van der Waals surface area contributed by atoms with Crippen LogP contribution in [0.4, 0.5) is 11.4 Å². The van der Waals surface area contributed by atoms with Crippen LogP contribution in [-0.4, -0.2) is 65.8 Å². The van der Waals surface area contributed by atoms with Crippen LogP contribution in [0.25, 0.3) is 33.1 Å². The van der Waals surface area contributed by atoms with E-state index >= 15 is 0 Å². The Morgan fingerprint density at radius 3 is 1.71 bits per heavy atom. The van der Waals surface area contributed by atoms with Gasteiger partial charge in [-0.15, -0.1) is 0 Å². The summed E-state index contributed by atoms with van der Waals surface area (Å²) in [5.74, 6) is 0. The Kier molecular flexibility index (Phi) is 9.19. The van der Waals surface area contributed by atoms with Gasteiger partial charge in [0.1, 0.15) is 4.90 Å². The molecule has 0 unspecified atom stereocenters. The molecule has 1 aromatic heterocycles. The van der Waals surface area contributed by atoms with Crippen molar-refractivity contribution in [3.8, 4) is 11.1 Å². The molecule has 0 saturated heterocycles. The van der Waals surface area contributed by atoms with Gasteiger partial charge in [0.2, 0.25) is 10.0 Å². The van der Waals surface area contributed by atoms with Gasteiger partial charge in [-0.05, 0) is 64.1 Å². The minimum absolute atomic E-state index is 0.130. The molecule has 1 heterocycles. The highest BCUT2D eigenvalue weighted by Crippen LogP contribution is 2.42. The number of sulfonamides is 1. The lowest BCUT2D eigenvalue weighted by Crippen LogP contribution is -2.26. The fourth-order valence-electron chi connectivity index (χ4n) is 5.08. The Bertz CT molecular complexity index is 1710. The predicted molar refractivity (Wildman–Crippen MR) is 163 cm³/mol. The molecule has 4 rings (SSSR count). The lowest BCUT2D eigenvalue weighted by molar-refractivity contribution is 0.301. The normalized spacial score (nSPS) is 12.2. The lowest BCUT2D eigenvalue weighted by atomic mass is 9.96. The number of anilines is 2. The summed E-state index contributed by atoms with van der Waals surface area (Å²) in [6, 6.07) is 14.9. The second-order valence-corrected chi connectivity index (χ2v) is 12.6. The minimum Gasteiger partial charge on any atom is -0.395 e. The number of fused-ring (bicyclic) bond motifs is 2. The van der Waals surface area contributed by atoms with Crippen molar-refractivity contribution in [3.05, 3.63) is 54.6 Å². The van der Waals surface area contributed by atoms with E-state index in [0.717, 1.165) is 43.6 Å². The zero-order valence-corrected chi connectivity index (χ0v) is 25.2. The summed E-state index contributed by atoms with van der Waals surface area (Å²) in [4.78, 5) is 3.41. The van der Waals surface area contributed by atoms with Crippen molar-refractivity contribution in [2.45, 2.75) is 37.5 Å². The fourth-order valence-corrected chi connectivity index (χ4v) is 6.93. The molecule has 0 amide bonds. The molecule has 3 aromatic carbocycles. The van der Waals surface area contributed by atoms with E-state index in [4.69, 9.17) is 9.52 Å². The van der Waals surface area contributed by atoms with Crippen molar-refractivity contribution in [1.82, 2.24) is 4.72 Å². The van der Waals surface area contributed by atoms with Gasteiger partial charge in [-0.25, -0.2) is 17.6 Å². The molecule has 0 aliphatic carbocycles. The van der Waals surface area contributed by atoms with Crippen molar-refractivity contribution in [3.63, 3.8) is 0 Å². The highest BCUT2D eigenvalue weighted by atomic mass is 32.2. The molecule has 10 nitrogen and oxygen atoms in total. The van der Waals surface area contributed by atoms with Gasteiger partial charge in [0, 0.05) is 55.2 Å². The first-order chi connectivity index (χ1) is 19.5. The van der Waals surface area contributed by atoms with Crippen molar-refractivity contribution in [2.24, 2.45) is 0 Å². The van der Waals surface area contributed by atoms with E-state index in [0.29, 0.717) is 27.5 Å². The predicted octanol–water partition coefficient (Wildman–Crippen LogP) is 4.74. The maximum absolute atomic E-state index is 12.7. The number of hydrogen-bond donors (Lipinski definition) is 3. The van der Waals surface area contributed by atoms with Gasteiger partial charge in [0.25, 0.3) is 10.1 Å². The summed E-state index contributed by atoms with van der Waals surface area (Å²) in [5.41, 5.74) is 3.50. The summed E-state index contributed by atoms with van der Waals surface area (Å²) in [6.07, 6.45) is 0. The van der Waals surface area contributed by atoms with Gasteiger partial charge < -0.3 is 14.9 Å². The summed E-state index contributed by atoms with van der Waals surface area (Å²) in [5, 5.41) is 10.2. The van der Waals surface area contributed by atoms with Crippen LogP contribution in [0.1, 0.15) is 27.7 Å². The molecule has 4 aromatic rings. The van der Waals surface area contributed by atoms with Crippen molar-refractivity contribution >= 4 is 53.5 Å². The molecule has 0 spiro atoms. The SMILES string of the molecule is CCN(CC)c1ccc2c(-c3ccc(S(=O)(=O)NCCO)cc3S(=O)(=O)O)c3ccc(N(CC)CC)cc3[o+]c2c1. The van der Waals surface area contributed by atoms with Gasteiger partial charge in [-0.1, -0.05) is 6.07 Å². The van der Waals surface area contributed by atoms with E-state index in [1.54, 1.807) is 0 Å². The Balaban J connectivity index is 2.10. The first-order valence-electron chi connectivity index (χ1n) is 13.5.